The third-order valence-electron chi connectivity index (χ3n) is 6.34. The van der Waals surface area contributed by atoms with Crippen LogP contribution in [0.25, 0.3) is 0 Å². The van der Waals surface area contributed by atoms with Crippen molar-refractivity contribution >= 4 is 23.2 Å². The third kappa shape index (κ3) is 5.93. The predicted molar refractivity (Wildman–Crippen MR) is 136 cm³/mol. The standard InChI is InChI=1S/C28H30F2N2O3S/c1-19(2)11-14-31(28(34)20-7-3-4-8-22(20)29)17-27(33)32-15-12-26-21(13-16-36-26)24(32)18-35-25-10-6-5-9-23(25)30/h3-10,13,16,19,24H,11-12,14-15,17-18H2,1-2H3/t24-/m1/s1. The number of hydrogen-bond acceptors (Lipinski definition) is 4. The molecule has 190 valence electrons. The van der Waals surface area contributed by atoms with Gasteiger partial charge in [-0.3, -0.25) is 9.59 Å². The number of carbonyl (C=O) groups is 2. The molecule has 36 heavy (non-hydrogen) atoms. The van der Waals surface area contributed by atoms with E-state index in [0.717, 1.165) is 5.56 Å². The number of fused-ring (bicyclic) bond motifs is 1. The van der Waals surface area contributed by atoms with Gasteiger partial charge in [-0.15, -0.1) is 11.3 Å². The Morgan fingerprint density at radius 1 is 1.08 bits per heavy atom. The van der Waals surface area contributed by atoms with E-state index < -0.39 is 23.6 Å². The van der Waals surface area contributed by atoms with E-state index in [1.165, 1.54) is 34.0 Å². The Kier molecular flexibility index (Phi) is 8.36. The van der Waals surface area contributed by atoms with Gasteiger partial charge in [0.2, 0.25) is 5.91 Å². The predicted octanol–water partition coefficient (Wildman–Crippen LogP) is 5.72. The van der Waals surface area contributed by atoms with Crippen LogP contribution in [0.4, 0.5) is 8.78 Å². The van der Waals surface area contributed by atoms with Gasteiger partial charge >= 0.3 is 0 Å². The van der Waals surface area contributed by atoms with E-state index >= 15 is 0 Å². The molecule has 2 aromatic carbocycles. The van der Waals surface area contributed by atoms with E-state index in [-0.39, 0.29) is 30.4 Å². The van der Waals surface area contributed by atoms with Crippen molar-refractivity contribution in [1.29, 1.82) is 0 Å². The lowest BCUT2D eigenvalue weighted by molar-refractivity contribution is -0.135. The quantitative estimate of drug-likeness (QED) is 0.369. The van der Waals surface area contributed by atoms with Crippen molar-refractivity contribution in [3.8, 4) is 5.75 Å². The number of rotatable bonds is 9. The van der Waals surface area contributed by atoms with Crippen LogP contribution in [0.3, 0.4) is 0 Å². The molecule has 0 bridgehead atoms. The van der Waals surface area contributed by atoms with Crippen molar-refractivity contribution in [3.63, 3.8) is 0 Å². The molecule has 8 heteroatoms. The Balaban J connectivity index is 1.55. The summed E-state index contributed by atoms with van der Waals surface area (Å²) in [6.07, 6.45) is 1.38. The first-order valence-electron chi connectivity index (χ1n) is 12.1. The Morgan fingerprint density at radius 3 is 2.53 bits per heavy atom. The van der Waals surface area contributed by atoms with Crippen molar-refractivity contribution in [2.24, 2.45) is 5.92 Å². The highest BCUT2D eigenvalue weighted by Crippen LogP contribution is 2.34. The maximum absolute atomic E-state index is 14.4. The highest BCUT2D eigenvalue weighted by molar-refractivity contribution is 7.10. The van der Waals surface area contributed by atoms with Crippen LogP contribution in [-0.2, 0) is 11.2 Å². The third-order valence-corrected chi connectivity index (χ3v) is 7.34. The smallest absolute Gasteiger partial charge is 0.257 e. The van der Waals surface area contributed by atoms with Gasteiger partial charge in [-0.1, -0.05) is 38.1 Å². The molecule has 1 aliphatic rings. The molecule has 0 saturated carbocycles. The molecule has 4 rings (SSSR count). The molecule has 0 radical (unpaired) electrons. The van der Waals surface area contributed by atoms with E-state index in [9.17, 15) is 18.4 Å². The molecule has 0 unspecified atom stereocenters. The zero-order valence-corrected chi connectivity index (χ0v) is 21.3. The monoisotopic (exact) mass is 512 g/mol. The van der Waals surface area contributed by atoms with Gasteiger partial charge in [-0.05, 0) is 60.0 Å². The molecule has 1 aromatic heterocycles. The van der Waals surface area contributed by atoms with Crippen LogP contribution in [0.5, 0.6) is 5.75 Å². The number of benzene rings is 2. The van der Waals surface area contributed by atoms with Crippen molar-refractivity contribution in [1.82, 2.24) is 9.80 Å². The molecule has 0 aliphatic carbocycles. The topological polar surface area (TPSA) is 49.9 Å². The second-order valence-electron chi connectivity index (χ2n) is 9.28. The molecule has 0 fully saturated rings. The molecule has 1 atom stereocenters. The van der Waals surface area contributed by atoms with Gasteiger partial charge in [0.05, 0.1) is 11.6 Å². The van der Waals surface area contributed by atoms with Gasteiger partial charge in [0.25, 0.3) is 5.91 Å². The Hall–Kier alpha value is -3.26. The normalized spacial score (nSPS) is 15.0. The van der Waals surface area contributed by atoms with E-state index in [2.05, 4.69) is 0 Å². The summed E-state index contributed by atoms with van der Waals surface area (Å²) in [5.74, 6) is -1.40. The van der Waals surface area contributed by atoms with Gasteiger partial charge in [-0.2, -0.15) is 0 Å². The fourth-order valence-corrected chi connectivity index (χ4v) is 5.26. The lowest BCUT2D eigenvalue weighted by atomic mass is 10.00. The fraction of sp³-hybridized carbons (Fsp3) is 0.357. The van der Waals surface area contributed by atoms with E-state index in [0.29, 0.717) is 31.8 Å². The molecule has 3 aromatic rings. The number of hydrogen-bond donors (Lipinski definition) is 0. The zero-order valence-electron chi connectivity index (χ0n) is 20.5. The van der Waals surface area contributed by atoms with Crippen LogP contribution < -0.4 is 4.74 Å². The maximum Gasteiger partial charge on any atom is 0.257 e. The van der Waals surface area contributed by atoms with Gasteiger partial charge in [0, 0.05) is 18.0 Å². The molecule has 2 amide bonds. The first kappa shape index (κ1) is 25.8. The first-order valence-corrected chi connectivity index (χ1v) is 13.0. The number of para-hydroxylation sites is 1. The van der Waals surface area contributed by atoms with E-state index in [1.54, 1.807) is 40.5 Å². The van der Waals surface area contributed by atoms with Crippen LogP contribution in [0.1, 0.15) is 47.1 Å². The number of thiophene rings is 1. The lowest BCUT2D eigenvalue weighted by Gasteiger charge is -2.37. The Morgan fingerprint density at radius 2 is 1.81 bits per heavy atom. The molecule has 2 heterocycles. The van der Waals surface area contributed by atoms with Gasteiger partial charge in [0.15, 0.2) is 11.6 Å². The minimum atomic E-state index is -0.610. The molecular weight excluding hydrogens is 482 g/mol. The summed E-state index contributed by atoms with van der Waals surface area (Å²) in [5, 5.41) is 1.98. The van der Waals surface area contributed by atoms with Crippen LogP contribution in [0.15, 0.2) is 60.0 Å². The van der Waals surface area contributed by atoms with Crippen molar-refractivity contribution in [2.45, 2.75) is 32.7 Å². The molecule has 0 spiro atoms. The highest BCUT2D eigenvalue weighted by atomic mass is 32.1. The SMILES string of the molecule is CC(C)CCN(CC(=O)N1CCc2sccc2[C@H]1COc1ccccc1F)C(=O)c1ccccc1F. The minimum absolute atomic E-state index is 0.0488. The average Bonchev–Trinajstić information content (AvgIpc) is 3.35. The molecular formula is C28H30F2N2O3S. The second kappa shape index (κ2) is 11.6. The summed E-state index contributed by atoms with van der Waals surface area (Å²) in [6.45, 7) is 4.78. The molecule has 5 nitrogen and oxygen atoms in total. The number of amides is 2. The van der Waals surface area contributed by atoms with Gasteiger partial charge in [-0.25, -0.2) is 8.78 Å². The molecule has 0 saturated heterocycles. The number of ether oxygens (including phenoxy) is 1. The van der Waals surface area contributed by atoms with Crippen LogP contribution in [-0.4, -0.2) is 47.9 Å². The lowest BCUT2D eigenvalue weighted by Crippen LogP contribution is -2.48. The van der Waals surface area contributed by atoms with Crippen LogP contribution >= 0.6 is 11.3 Å². The summed E-state index contributed by atoms with van der Waals surface area (Å²) in [7, 11) is 0. The van der Waals surface area contributed by atoms with Crippen LogP contribution in [0.2, 0.25) is 0 Å². The average molecular weight is 513 g/mol. The number of halogens is 2. The summed E-state index contributed by atoms with van der Waals surface area (Å²) in [6, 6.07) is 13.5. The summed E-state index contributed by atoms with van der Waals surface area (Å²) >= 11 is 1.62. The fourth-order valence-electron chi connectivity index (χ4n) is 4.33. The van der Waals surface area contributed by atoms with Crippen molar-refractivity contribution in [2.75, 3.05) is 26.2 Å². The second-order valence-corrected chi connectivity index (χ2v) is 10.3. The van der Waals surface area contributed by atoms with Crippen LogP contribution in [0, 0.1) is 17.6 Å². The molecule has 0 N–H and O–H groups in total. The van der Waals surface area contributed by atoms with E-state index in [4.69, 9.17) is 4.74 Å². The van der Waals surface area contributed by atoms with E-state index in [1.807, 2.05) is 25.3 Å². The number of nitrogens with zero attached hydrogens (tertiary/aromatic N) is 2. The number of carbonyl (C=O) groups excluding carboxylic acids is 2. The van der Waals surface area contributed by atoms with Crippen molar-refractivity contribution < 1.29 is 23.1 Å². The first-order chi connectivity index (χ1) is 17.3. The largest absolute Gasteiger partial charge is 0.488 e. The van der Waals surface area contributed by atoms with Crippen molar-refractivity contribution in [3.05, 3.63) is 87.6 Å². The summed E-state index contributed by atoms with van der Waals surface area (Å²) < 4.78 is 34.4. The molecule has 1 aliphatic heterocycles. The maximum atomic E-state index is 14.4. The summed E-state index contributed by atoms with van der Waals surface area (Å²) in [4.78, 5) is 31.1. The van der Waals surface area contributed by atoms with Gasteiger partial charge in [0.1, 0.15) is 19.0 Å². The summed E-state index contributed by atoms with van der Waals surface area (Å²) in [5.41, 5.74) is 0.928. The highest BCUT2D eigenvalue weighted by Gasteiger charge is 2.34. The zero-order chi connectivity index (χ0) is 25.7. The Bertz CT molecular complexity index is 1210. The Labute approximate surface area is 214 Å². The van der Waals surface area contributed by atoms with Gasteiger partial charge < -0.3 is 14.5 Å². The minimum Gasteiger partial charge on any atom is -0.488 e.